The van der Waals surface area contributed by atoms with Gasteiger partial charge in [0.25, 0.3) is 0 Å². The second-order valence-corrected chi connectivity index (χ2v) is 5.19. The van der Waals surface area contributed by atoms with Gasteiger partial charge in [-0.1, -0.05) is 36.7 Å². The fraction of sp³-hybridized carbons (Fsp3) is 0.400. The Morgan fingerprint density at radius 2 is 2.11 bits per heavy atom. The number of imidazole rings is 1. The predicted molar refractivity (Wildman–Crippen MR) is 80.7 cm³/mol. The molecular formula is C15H20ClN3. The molecule has 1 unspecified atom stereocenters. The highest BCUT2D eigenvalue weighted by Gasteiger charge is 2.12. The molecule has 19 heavy (non-hydrogen) atoms. The summed E-state index contributed by atoms with van der Waals surface area (Å²) in [5.74, 6) is 0.909. The highest BCUT2D eigenvalue weighted by Crippen LogP contribution is 2.25. The Balaban J connectivity index is 2.19. The van der Waals surface area contributed by atoms with Gasteiger partial charge in [0.2, 0.25) is 5.95 Å². The van der Waals surface area contributed by atoms with Crippen molar-refractivity contribution >= 4 is 17.5 Å². The van der Waals surface area contributed by atoms with Gasteiger partial charge >= 0.3 is 0 Å². The molecule has 0 fully saturated rings. The first-order chi connectivity index (χ1) is 9.11. The minimum Gasteiger partial charge on any atom is -0.349 e. The molecule has 0 bridgehead atoms. The number of halogens is 1. The Bertz CT molecular complexity index is 548. The van der Waals surface area contributed by atoms with Crippen molar-refractivity contribution in [1.82, 2.24) is 9.55 Å². The first kappa shape index (κ1) is 13.9. The van der Waals surface area contributed by atoms with E-state index in [1.165, 1.54) is 0 Å². The molecular weight excluding hydrogens is 258 g/mol. The Morgan fingerprint density at radius 1 is 1.37 bits per heavy atom. The van der Waals surface area contributed by atoms with E-state index in [1.54, 1.807) is 0 Å². The standard InChI is InChI=1S/C15H20ClN3/c1-4-9-19-10-11(2)17-15(19)18-12(3)13-7-5-6-8-14(13)16/h5-8,10,12H,4,9H2,1-3H3,(H,17,18). The van der Waals surface area contributed by atoms with Crippen molar-refractivity contribution in [1.29, 1.82) is 0 Å². The van der Waals surface area contributed by atoms with Crippen LogP contribution in [0.5, 0.6) is 0 Å². The third-order valence-corrected chi connectivity index (χ3v) is 3.42. The van der Waals surface area contributed by atoms with Crippen LogP contribution in [0.3, 0.4) is 0 Å². The molecule has 0 saturated carbocycles. The normalized spacial score (nSPS) is 12.4. The molecule has 1 atom stereocenters. The second kappa shape index (κ2) is 6.11. The molecule has 0 radical (unpaired) electrons. The maximum absolute atomic E-state index is 6.22. The van der Waals surface area contributed by atoms with Crippen molar-refractivity contribution in [2.75, 3.05) is 5.32 Å². The predicted octanol–water partition coefficient (Wildman–Crippen LogP) is 4.43. The maximum atomic E-state index is 6.22. The van der Waals surface area contributed by atoms with Crippen LogP contribution >= 0.6 is 11.6 Å². The summed E-state index contributed by atoms with van der Waals surface area (Å²) in [6, 6.07) is 8.04. The highest BCUT2D eigenvalue weighted by atomic mass is 35.5. The van der Waals surface area contributed by atoms with E-state index in [0.717, 1.165) is 35.2 Å². The Morgan fingerprint density at radius 3 is 2.79 bits per heavy atom. The molecule has 1 aromatic carbocycles. The number of hydrogen-bond acceptors (Lipinski definition) is 2. The Kier molecular flexibility index (Phi) is 4.48. The molecule has 102 valence electrons. The summed E-state index contributed by atoms with van der Waals surface area (Å²) in [5, 5.41) is 4.23. The number of aryl methyl sites for hydroxylation is 2. The smallest absolute Gasteiger partial charge is 0.203 e. The number of anilines is 1. The van der Waals surface area contributed by atoms with Gasteiger partial charge in [-0.25, -0.2) is 4.98 Å². The fourth-order valence-electron chi connectivity index (χ4n) is 2.17. The number of nitrogens with zero attached hydrogens (tertiary/aromatic N) is 2. The van der Waals surface area contributed by atoms with Crippen LogP contribution < -0.4 is 5.32 Å². The molecule has 0 aliphatic rings. The number of aromatic nitrogens is 2. The second-order valence-electron chi connectivity index (χ2n) is 4.79. The SMILES string of the molecule is CCCn1cc(C)nc1NC(C)c1ccccc1Cl. The lowest BCUT2D eigenvalue weighted by atomic mass is 10.1. The van der Waals surface area contributed by atoms with Crippen molar-refractivity contribution < 1.29 is 0 Å². The molecule has 4 heteroatoms. The highest BCUT2D eigenvalue weighted by molar-refractivity contribution is 6.31. The summed E-state index contributed by atoms with van der Waals surface area (Å²) in [4.78, 5) is 4.53. The summed E-state index contributed by atoms with van der Waals surface area (Å²) in [7, 11) is 0. The van der Waals surface area contributed by atoms with Crippen LogP contribution in [0, 0.1) is 6.92 Å². The van der Waals surface area contributed by atoms with E-state index in [1.807, 2.05) is 31.2 Å². The average Bonchev–Trinajstić information content (AvgIpc) is 2.70. The average molecular weight is 278 g/mol. The molecule has 0 amide bonds. The van der Waals surface area contributed by atoms with E-state index in [2.05, 4.69) is 34.9 Å². The molecule has 2 rings (SSSR count). The van der Waals surface area contributed by atoms with Crippen LogP contribution in [0.25, 0.3) is 0 Å². The quantitative estimate of drug-likeness (QED) is 0.876. The lowest BCUT2D eigenvalue weighted by Crippen LogP contribution is -2.12. The third-order valence-electron chi connectivity index (χ3n) is 3.08. The van der Waals surface area contributed by atoms with Gasteiger partial charge in [0, 0.05) is 17.8 Å². The van der Waals surface area contributed by atoms with E-state index in [9.17, 15) is 0 Å². The summed E-state index contributed by atoms with van der Waals surface area (Å²) >= 11 is 6.22. The summed E-state index contributed by atoms with van der Waals surface area (Å²) < 4.78 is 2.16. The summed E-state index contributed by atoms with van der Waals surface area (Å²) in [6.07, 6.45) is 3.16. The molecule has 0 aliphatic carbocycles. The molecule has 3 nitrogen and oxygen atoms in total. The van der Waals surface area contributed by atoms with Crippen LogP contribution in [-0.2, 0) is 6.54 Å². The van der Waals surface area contributed by atoms with Gasteiger partial charge < -0.3 is 9.88 Å². The van der Waals surface area contributed by atoms with Gasteiger partial charge in [0.05, 0.1) is 11.7 Å². The van der Waals surface area contributed by atoms with Crippen LogP contribution in [0.1, 0.15) is 37.6 Å². The van der Waals surface area contributed by atoms with Crippen LogP contribution in [0.15, 0.2) is 30.5 Å². The molecule has 2 aromatic rings. The van der Waals surface area contributed by atoms with Gasteiger partial charge in [-0.15, -0.1) is 0 Å². The minimum atomic E-state index is 0.131. The van der Waals surface area contributed by atoms with E-state index in [-0.39, 0.29) is 6.04 Å². The third kappa shape index (κ3) is 3.29. The van der Waals surface area contributed by atoms with Crippen molar-refractivity contribution in [2.24, 2.45) is 0 Å². The van der Waals surface area contributed by atoms with E-state index >= 15 is 0 Å². The summed E-state index contributed by atoms with van der Waals surface area (Å²) in [6.45, 7) is 7.24. The van der Waals surface area contributed by atoms with Gasteiger partial charge in [-0.05, 0) is 31.9 Å². The van der Waals surface area contributed by atoms with Gasteiger partial charge in [0.1, 0.15) is 0 Å². The number of hydrogen-bond donors (Lipinski definition) is 1. The zero-order valence-electron chi connectivity index (χ0n) is 11.7. The van der Waals surface area contributed by atoms with Crippen LogP contribution in [0.4, 0.5) is 5.95 Å². The van der Waals surface area contributed by atoms with Gasteiger partial charge in [-0.3, -0.25) is 0 Å². The van der Waals surface area contributed by atoms with Crippen molar-refractivity contribution in [3.05, 3.63) is 46.7 Å². The number of rotatable bonds is 5. The minimum absolute atomic E-state index is 0.131. The summed E-state index contributed by atoms with van der Waals surface area (Å²) in [5.41, 5.74) is 2.12. The largest absolute Gasteiger partial charge is 0.349 e. The molecule has 0 saturated heterocycles. The lowest BCUT2D eigenvalue weighted by Gasteiger charge is -2.17. The first-order valence-corrected chi connectivity index (χ1v) is 7.04. The zero-order valence-corrected chi connectivity index (χ0v) is 12.4. The van der Waals surface area contributed by atoms with Crippen LogP contribution in [-0.4, -0.2) is 9.55 Å². The monoisotopic (exact) mass is 277 g/mol. The Labute approximate surface area is 119 Å². The fourth-order valence-corrected chi connectivity index (χ4v) is 2.47. The lowest BCUT2D eigenvalue weighted by molar-refractivity contribution is 0.674. The van der Waals surface area contributed by atoms with Crippen molar-refractivity contribution in [3.8, 4) is 0 Å². The van der Waals surface area contributed by atoms with Crippen LogP contribution in [0.2, 0.25) is 5.02 Å². The molecule has 1 heterocycles. The van der Waals surface area contributed by atoms with Gasteiger partial charge in [0.15, 0.2) is 0 Å². The van der Waals surface area contributed by atoms with Crippen molar-refractivity contribution in [3.63, 3.8) is 0 Å². The molecule has 1 aromatic heterocycles. The van der Waals surface area contributed by atoms with Gasteiger partial charge in [-0.2, -0.15) is 0 Å². The molecule has 0 spiro atoms. The Hall–Kier alpha value is -1.48. The number of benzene rings is 1. The molecule has 1 N–H and O–H groups in total. The van der Waals surface area contributed by atoms with E-state index in [4.69, 9.17) is 11.6 Å². The maximum Gasteiger partial charge on any atom is 0.203 e. The first-order valence-electron chi connectivity index (χ1n) is 6.66. The van der Waals surface area contributed by atoms with Crippen molar-refractivity contribution in [2.45, 2.75) is 39.8 Å². The van der Waals surface area contributed by atoms with E-state index in [0.29, 0.717) is 0 Å². The topological polar surface area (TPSA) is 29.9 Å². The zero-order chi connectivity index (χ0) is 13.8. The van der Waals surface area contributed by atoms with E-state index < -0.39 is 0 Å². The molecule has 0 aliphatic heterocycles. The number of nitrogens with one attached hydrogen (secondary N) is 1.